The maximum atomic E-state index is 12.8. The summed E-state index contributed by atoms with van der Waals surface area (Å²) in [6.45, 7) is 0.346. The van der Waals surface area contributed by atoms with E-state index in [4.69, 9.17) is 28.2 Å². The fourth-order valence-corrected chi connectivity index (χ4v) is 4.38. The third-order valence-electron chi connectivity index (χ3n) is 5.65. The summed E-state index contributed by atoms with van der Waals surface area (Å²) in [4.78, 5) is 20.7. The molecule has 5 aromatic rings. The third kappa shape index (κ3) is 5.48. The van der Waals surface area contributed by atoms with Crippen LogP contribution in [0.15, 0.2) is 79.0 Å². The zero-order valence-corrected chi connectivity index (χ0v) is 20.1. The summed E-state index contributed by atoms with van der Waals surface area (Å²) in [5.41, 5.74) is 4.31. The van der Waals surface area contributed by atoms with Crippen LogP contribution in [0.25, 0.3) is 22.2 Å². The van der Waals surface area contributed by atoms with Gasteiger partial charge in [0.1, 0.15) is 16.7 Å². The summed E-state index contributed by atoms with van der Waals surface area (Å²) in [6, 6.07) is 22.4. The molecule has 1 unspecified atom stereocenters. The highest BCUT2D eigenvalue weighted by Gasteiger charge is 2.21. The van der Waals surface area contributed by atoms with Crippen molar-refractivity contribution in [1.82, 2.24) is 30.8 Å². The Labute approximate surface area is 211 Å². The highest BCUT2D eigenvalue weighted by atomic mass is 35.5. The number of imidazole rings is 1. The molecule has 2 heterocycles. The number of amides is 2. The molecule has 35 heavy (non-hydrogen) atoms. The molecule has 3 aromatic carbocycles. The molecule has 0 aliphatic heterocycles. The number of urea groups is 1. The van der Waals surface area contributed by atoms with Gasteiger partial charge in [-0.3, -0.25) is 5.10 Å². The standard InChI is InChI=1S/C26H22Cl2N6O/c27-20-8-4-7-17(11-20)14-29-26(35)31-22(12-16-5-2-1-3-6-16)25-32-23(24(28)33-25)18-9-10-19-15-30-34-21(19)13-18/h1-11,13,15,22H,12,14H2,(H,30,34)(H,32,33)(H2,29,31,35). The summed E-state index contributed by atoms with van der Waals surface area (Å²) in [6.07, 6.45) is 2.30. The highest BCUT2D eigenvalue weighted by Crippen LogP contribution is 2.30. The lowest BCUT2D eigenvalue weighted by molar-refractivity contribution is 0.236. The Hall–Kier alpha value is -3.81. The van der Waals surface area contributed by atoms with Crippen molar-refractivity contribution in [3.05, 3.63) is 106 Å². The predicted molar refractivity (Wildman–Crippen MR) is 138 cm³/mol. The lowest BCUT2D eigenvalue weighted by atomic mass is 10.1. The molecule has 0 bridgehead atoms. The fraction of sp³-hybridized carbons (Fsp3) is 0.115. The first-order valence-corrected chi connectivity index (χ1v) is 11.8. The first-order valence-electron chi connectivity index (χ1n) is 11.1. The quantitative estimate of drug-likeness (QED) is 0.217. The van der Waals surface area contributed by atoms with Gasteiger partial charge in [-0.05, 0) is 35.7 Å². The van der Waals surface area contributed by atoms with E-state index < -0.39 is 6.04 Å². The number of hydrogen-bond donors (Lipinski definition) is 4. The number of carbonyl (C=O) groups excluding carboxylic acids is 1. The van der Waals surface area contributed by atoms with Crippen LogP contribution in [0.2, 0.25) is 10.2 Å². The Kier molecular flexibility index (Phi) is 6.70. The molecule has 7 nitrogen and oxygen atoms in total. The van der Waals surface area contributed by atoms with Crippen LogP contribution in [-0.2, 0) is 13.0 Å². The molecule has 5 rings (SSSR count). The van der Waals surface area contributed by atoms with Crippen molar-refractivity contribution in [2.24, 2.45) is 0 Å². The van der Waals surface area contributed by atoms with Crippen LogP contribution in [0.1, 0.15) is 23.0 Å². The van der Waals surface area contributed by atoms with Gasteiger partial charge in [-0.15, -0.1) is 0 Å². The van der Waals surface area contributed by atoms with Crippen molar-refractivity contribution in [3.8, 4) is 11.3 Å². The van der Waals surface area contributed by atoms with Crippen LogP contribution in [0.4, 0.5) is 4.79 Å². The minimum Gasteiger partial charge on any atom is -0.334 e. The van der Waals surface area contributed by atoms with Crippen molar-refractivity contribution in [2.75, 3.05) is 0 Å². The largest absolute Gasteiger partial charge is 0.334 e. The van der Waals surface area contributed by atoms with Crippen LogP contribution in [0.5, 0.6) is 0 Å². The molecule has 1 atom stereocenters. The molecular weight excluding hydrogens is 483 g/mol. The Morgan fingerprint density at radius 1 is 0.971 bits per heavy atom. The summed E-state index contributed by atoms with van der Waals surface area (Å²) in [7, 11) is 0. The average molecular weight is 505 g/mol. The molecule has 0 radical (unpaired) electrons. The SMILES string of the molecule is O=C(NCc1cccc(Cl)c1)NC(Cc1ccccc1)c1nc(-c2ccc3cn[nH]c3c2)c(Cl)[nH]1. The number of nitrogens with one attached hydrogen (secondary N) is 4. The number of H-pyrrole nitrogens is 2. The van der Waals surface area contributed by atoms with E-state index in [2.05, 4.69) is 25.8 Å². The van der Waals surface area contributed by atoms with E-state index in [-0.39, 0.29) is 6.03 Å². The van der Waals surface area contributed by atoms with Crippen LogP contribution in [-0.4, -0.2) is 26.2 Å². The number of aromatic nitrogens is 4. The van der Waals surface area contributed by atoms with E-state index >= 15 is 0 Å². The molecule has 0 aliphatic carbocycles. The number of benzene rings is 3. The Morgan fingerprint density at radius 3 is 2.63 bits per heavy atom. The van der Waals surface area contributed by atoms with Gasteiger partial charge in [0, 0.05) is 22.5 Å². The number of halogens is 2. The summed E-state index contributed by atoms with van der Waals surface area (Å²) in [5, 5.41) is 15.0. The van der Waals surface area contributed by atoms with Crippen molar-refractivity contribution in [1.29, 1.82) is 0 Å². The van der Waals surface area contributed by atoms with E-state index in [1.807, 2.05) is 66.7 Å². The van der Waals surface area contributed by atoms with E-state index in [1.54, 1.807) is 12.3 Å². The summed E-state index contributed by atoms with van der Waals surface area (Å²) in [5.74, 6) is 0.566. The van der Waals surface area contributed by atoms with Crippen molar-refractivity contribution < 1.29 is 4.79 Å². The first kappa shape index (κ1) is 23.0. The maximum absolute atomic E-state index is 12.8. The number of hydrogen-bond acceptors (Lipinski definition) is 3. The number of fused-ring (bicyclic) bond motifs is 1. The topological polar surface area (TPSA) is 98.5 Å². The predicted octanol–water partition coefficient (Wildman–Crippen LogP) is 6.04. The van der Waals surface area contributed by atoms with Crippen LogP contribution >= 0.6 is 23.2 Å². The molecule has 0 fully saturated rings. The maximum Gasteiger partial charge on any atom is 0.315 e. The molecule has 0 saturated carbocycles. The van der Waals surface area contributed by atoms with E-state index in [0.717, 1.165) is 27.6 Å². The minimum atomic E-state index is -0.432. The number of aromatic amines is 2. The van der Waals surface area contributed by atoms with E-state index in [0.29, 0.717) is 34.7 Å². The van der Waals surface area contributed by atoms with Crippen LogP contribution < -0.4 is 10.6 Å². The lowest BCUT2D eigenvalue weighted by Gasteiger charge is -2.17. The number of nitrogens with zero attached hydrogens (tertiary/aromatic N) is 2. The molecule has 0 spiro atoms. The van der Waals surface area contributed by atoms with Gasteiger partial charge in [-0.2, -0.15) is 5.10 Å². The minimum absolute atomic E-state index is 0.321. The fourth-order valence-electron chi connectivity index (χ4n) is 3.91. The molecule has 0 saturated heterocycles. The molecule has 176 valence electrons. The number of carbonyl (C=O) groups is 1. The second kappa shape index (κ2) is 10.2. The van der Waals surface area contributed by atoms with Gasteiger partial charge in [0.25, 0.3) is 0 Å². The van der Waals surface area contributed by atoms with Gasteiger partial charge in [-0.1, -0.05) is 77.8 Å². The highest BCUT2D eigenvalue weighted by molar-refractivity contribution is 6.32. The Morgan fingerprint density at radius 2 is 1.80 bits per heavy atom. The van der Waals surface area contributed by atoms with Crippen molar-refractivity contribution >= 4 is 40.1 Å². The van der Waals surface area contributed by atoms with Gasteiger partial charge in [0.15, 0.2) is 0 Å². The Balaban J connectivity index is 1.38. The van der Waals surface area contributed by atoms with Gasteiger partial charge >= 0.3 is 6.03 Å². The molecule has 2 aromatic heterocycles. The average Bonchev–Trinajstić information content (AvgIpc) is 3.49. The first-order chi connectivity index (χ1) is 17.0. The monoisotopic (exact) mass is 504 g/mol. The normalized spacial score (nSPS) is 11.9. The zero-order chi connectivity index (χ0) is 24.2. The zero-order valence-electron chi connectivity index (χ0n) is 18.6. The van der Waals surface area contributed by atoms with Gasteiger partial charge in [-0.25, -0.2) is 9.78 Å². The molecule has 4 N–H and O–H groups in total. The molecule has 9 heteroatoms. The molecular formula is C26H22Cl2N6O. The summed E-state index contributed by atoms with van der Waals surface area (Å²) >= 11 is 12.6. The smallest absolute Gasteiger partial charge is 0.315 e. The van der Waals surface area contributed by atoms with Crippen molar-refractivity contribution in [2.45, 2.75) is 19.0 Å². The van der Waals surface area contributed by atoms with Gasteiger partial charge in [0.05, 0.1) is 17.8 Å². The molecule has 2 amide bonds. The third-order valence-corrected chi connectivity index (χ3v) is 6.16. The number of rotatable bonds is 7. The van der Waals surface area contributed by atoms with E-state index in [1.165, 1.54) is 0 Å². The second-order valence-electron chi connectivity index (χ2n) is 8.16. The van der Waals surface area contributed by atoms with Gasteiger partial charge in [0.2, 0.25) is 0 Å². The summed E-state index contributed by atoms with van der Waals surface area (Å²) < 4.78 is 0. The van der Waals surface area contributed by atoms with E-state index in [9.17, 15) is 4.79 Å². The molecule has 0 aliphatic rings. The van der Waals surface area contributed by atoms with Crippen molar-refractivity contribution in [3.63, 3.8) is 0 Å². The van der Waals surface area contributed by atoms with Crippen LogP contribution in [0.3, 0.4) is 0 Å². The second-order valence-corrected chi connectivity index (χ2v) is 8.97. The van der Waals surface area contributed by atoms with Crippen LogP contribution in [0, 0.1) is 0 Å². The Bertz CT molecular complexity index is 1460. The van der Waals surface area contributed by atoms with Gasteiger partial charge < -0.3 is 15.6 Å². The lowest BCUT2D eigenvalue weighted by Crippen LogP contribution is -2.38.